The van der Waals surface area contributed by atoms with Crippen LogP contribution in [0.3, 0.4) is 0 Å². The average Bonchev–Trinajstić information content (AvgIpc) is 1.53. The van der Waals surface area contributed by atoms with Gasteiger partial charge in [0.2, 0.25) is 0 Å². The second-order valence-electron chi connectivity index (χ2n) is 29.1. The number of aromatic nitrogens is 5. The largest absolute Gasteiger partial charge is 0.306 e. The second-order valence-corrected chi connectivity index (χ2v) is 29.1. The molecule has 0 atom stereocenters. The van der Waals surface area contributed by atoms with E-state index in [0.717, 1.165) is 182 Å². The first-order valence-corrected chi connectivity index (χ1v) is 37.4. The molecule has 1 spiro atoms. The van der Waals surface area contributed by atoms with E-state index in [1.165, 1.54) is 27.8 Å². The van der Waals surface area contributed by atoms with Gasteiger partial charge in [-0.2, -0.15) is 5.26 Å². The van der Waals surface area contributed by atoms with Gasteiger partial charge in [-0.25, -0.2) is 0 Å². The molecule has 0 saturated heterocycles. The number of nitriles is 1. The maximum atomic E-state index is 13.8. The summed E-state index contributed by atoms with van der Waals surface area (Å²) in [6.45, 7) is 0. The fraction of sp³-hybridized carbons (Fsp3) is 0.00971. The monoisotopic (exact) mass is 1380 g/mol. The summed E-state index contributed by atoms with van der Waals surface area (Å²) in [7, 11) is 0. The summed E-state index contributed by atoms with van der Waals surface area (Å²) in [4.78, 5) is 6.17. The molecule has 0 bridgehead atoms. The molecule has 504 valence electrons. The van der Waals surface area contributed by atoms with Gasteiger partial charge in [-0.15, -0.1) is 0 Å². The van der Waals surface area contributed by atoms with Gasteiger partial charge < -0.3 is 18.3 Å². The number of hydrogen-bond donors (Lipinski definition) is 0. The van der Waals surface area contributed by atoms with E-state index in [9.17, 15) is 5.26 Å². The van der Waals surface area contributed by atoms with E-state index in [-0.39, 0.29) is 0 Å². The molecule has 5 aromatic heterocycles. The molecule has 0 aliphatic heterocycles. The Morgan fingerprint density at radius 3 is 0.835 bits per heavy atom. The number of pyridine rings is 1. The van der Waals surface area contributed by atoms with Crippen molar-refractivity contribution in [2.45, 2.75) is 5.41 Å². The number of benzene rings is 16. The van der Waals surface area contributed by atoms with Crippen molar-refractivity contribution >= 4 is 87.2 Å². The standard InChI is InChI=1S/C103H62N6/c104-62-85-98(106-89-45-23-16-38-76(89)80-57-68(49-53-93(80)106)64-27-5-1-6-28-64)100(108-91-47-25-18-40-78(91)82-59-70(51-55-95(82)108)66-31-9-3-10-32-66)97(72-61-84-75-37-15-22-44-88(75)103(102(84)105-63-72)86-42-20-13-35-73(86)74-36-14-21-43-87(74)103)101(109-92-48-26-19-41-79(92)83-60-71(52-56-96(83)109)67-33-11-4-12-34-67)99(85)107-90-46-24-17-39-77(90)81-58-69(50-54-94(81)107)65-29-7-2-8-30-65/h1-61,63H. The molecule has 0 unspecified atom stereocenters. The van der Waals surface area contributed by atoms with Gasteiger partial charge in [0, 0.05) is 66.0 Å². The summed E-state index contributed by atoms with van der Waals surface area (Å²) >= 11 is 0. The van der Waals surface area contributed by atoms with Gasteiger partial charge in [-0.3, -0.25) is 4.98 Å². The summed E-state index contributed by atoms with van der Waals surface area (Å²) in [5.41, 5.74) is 30.5. The second kappa shape index (κ2) is 23.4. The molecular weight excluding hydrogens is 1320 g/mol. The van der Waals surface area contributed by atoms with Crippen LogP contribution in [0.1, 0.15) is 27.9 Å². The summed E-state index contributed by atoms with van der Waals surface area (Å²) in [6.07, 6.45) is 2.19. The lowest BCUT2D eigenvalue weighted by molar-refractivity contribution is 0.760. The average molecular weight is 1380 g/mol. The van der Waals surface area contributed by atoms with Crippen LogP contribution in [0.2, 0.25) is 0 Å². The van der Waals surface area contributed by atoms with E-state index < -0.39 is 5.41 Å². The van der Waals surface area contributed by atoms with Crippen LogP contribution in [-0.2, 0) is 5.41 Å². The molecule has 16 aromatic carbocycles. The lowest BCUT2D eigenvalue weighted by atomic mass is 9.72. The zero-order valence-corrected chi connectivity index (χ0v) is 59.0. The molecule has 21 aromatic rings. The molecular formula is C103H62N6. The van der Waals surface area contributed by atoms with Crippen LogP contribution in [0, 0.1) is 11.3 Å². The minimum Gasteiger partial charge on any atom is -0.306 e. The Balaban J connectivity index is 0.981. The Morgan fingerprint density at radius 1 is 0.229 bits per heavy atom. The molecule has 23 rings (SSSR count). The Bertz CT molecular complexity index is 7090. The Labute approximate surface area is 628 Å². The smallest absolute Gasteiger partial charge is 0.104 e. The van der Waals surface area contributed by atoms with Crippen LogP contribution in [0.15, 0.2) is 376 Å². The summed E-state index contributed by atoms with van der Waals surface area (Å²) < 4.78 is 9.92. The van der Waals surface area contributed by atoms with Gasteiger partial charge in [-0.05, 0) is 157 Å². The molecule has 109 heavy (non-hydrogen) atoms. The predicted octanol–water partition coefficient (Wildman–Crippen LogP) is 26.0. The fourth-order valence-corrected chi connectivity index (χ4v) is 19.1. The van der Waals surface area contributed by atoms with Crippen molar-refractivity contribution in [3.63, 3.8) is 0 Å². The minimum absolute atomic E-state index is 0.481. The van der Waals surface area contributed by atoms with E-state index in [0.29, 0.717) is 5.56 Å². The zero-order valence-electron chi connectivity index (χ0n) is 59.0. The molecule has 0 saturated carbocycles. The topological polar surface area (TPSA) is 56.4 Å². The van der Waals surface area contributed by atoms with Crippen LogP contribution in [0.25, 0.3) is 188 Å². The maximum Gasteiger partial charge on any atom is 0.104 e. The van der Waals surface area contributed by atoms with Crippen molar-refractivity contribution in [2.24, 2.45) is 0 Å². The first kappa shape index (κ1) is 60.7. The quantitative estimate of drug-likeness (QED) is 0.145. The molecule has 0 amide bonds. The van der Waals surface area contributed by atoms with Gasteiger partial charge in [-0.1, -0.05) is 291 Å². The molecule has 6 heteroatoms. The third-order valence-electron chi connectivity index (χ3n) is 23.6. The van der Waals surface area contributed by atoms with Crippen molar-refractivity contribution < 1.29 is 0 Å². The van der Waals surface area contributed by atoms with Crippen molar-refractivity contribution in [1.29, 1.82) is 5.26 Å². The van der Waals surface area contributed by atoms with Gasteiger partial charge in [0.1, 0.15) is 11.6 Å². The Morgan fingerprint density at radius 2 is 0.505 bits per heavy atom. The number of fused-ring (bicyclic) bond motifs is 22. The SMILES string of the molecule is N#Cc1c(-n2c3ccccc3c3cc(-c4ccccc4)ccc32)c(-n2c3ccccc3c3cc(-c4ccccc4)ccc32)c(-c2cnc3c(c2)-c2ccccc2C32c3ccccc3-c3ccccc32)c(-n2c3ccccc3c3cc(-c4ccccc4)ccc32)c1-n1c2ccccc2c2cc(-c3ccccc3)ccc21. The Kier molecular flexibility index (Phi) is 13.1. The van der Waals surface area contributed by atoms with Crippen molar-refractivity contribution in [1.82, 2.24) is 23.3 Å². The van der Waals surface area contributed by atoms with Gasteiger partial charge in [0.25, 0.3) is 0 Å². The first-order chi connectivity index (χ1) is 54.1. The first-order valence-electron chi connectivity index (χ1n) is 37.4. The maximum absolute atomic E-state index is 13.8. The number of nitrogens with zero attached hydrogens (tertiary/aromatic N) is 6. The highest BCUT2D eigenvalue weighted by Crippen LogP contribution is 2.63. The third-order valence-corrected chi connectivity index (χ3v) is 23.6. The number of para-hydroxylation sites is 4. The van der Waals surface area contributed by atoms with Crippen LogP contribution in [-0.4, -0.2) is 23.3 Å². The molecule has 2 aliphatic carbocycles. The molecule has 2 aliphatic rings. The van der Waals surface area contributed by atoms with Crippen molar-refractivity contribution in [3.8, 4) is 107 Å². The highest BCUT2D eigenvalue weighted by Gasteiger charge is 2.53. The molecule has 0 fully saturated rings. The van der Waals surface area contributed by atoms with Crippen molar-refractivity contribution in [2.75, 3.05) is 0 Å². The van der Waals surface area contributed by atoms with Crippen LogP contribution in [0.4, 0.5) is 0 Å². The summed E-state index contributed by atoms with van der Waals surface area (Å²) in [5, 5.41) is 22.3. The van der Waals surface area contributed by atoms with E-state index >= 15 is 0 Å². The zero-order chi connectivity index (χ0) is 71.6. The Hall–Kier alpha value is -14.6. The van der Waals surface area contributed by atoms with Crippen LogP contribution >= 0.6 is 0 Å². The normalized spacial score (nSPS) is 12.7. The van der Waals surface area contributed by atoms with Gasteiger partial charge in [0.15, 0.2) is 0 Å². The van der Waals surface area contributed by atoms with Crippen LogP contribution in [0.5, 0.6) is 0 Å². The fourth-order valence-electron chi connectivity index (χ4n) is 19.1. The van der Waals surface area contributed by atoms with Gasteiger partial charge >= 0.3 is 0 Å². The summed E-state index contributed by atoms with van der Waals surface area (Å²) in [6, 6.07) is 139. The molecule has 5 heterocycles. The lowest BCUT2D eigenvalue weighted by Gasteiger charge is -2.30. The number of hydrogen-bond acceptors (Lipinski definition) is 2. The highest BCUT2D eigenvalue weighted by molar-refractivity contribution is 6.19. The highest BCUT2D eigenvalue weighted by atomic mass is 15.1. The minimum atomic E-state index is -0.736. The lowest BCUT2D eigenvalue weighted by Crippen LogP contribution is -2.27. The number of rotatable bonds is 9. The van der Waals surface area contributed by atoms with Crippen molar-refractivity contribution in [3.05, 3.63) is 404 Å². The predicted molar refractivity (Wildman–Crippen MR) is 450 cm³/mol. The van der Waals surface area contributed by atoms with E-state index in [1.54, 1.807) is 0 Å². The van der Waals surface area contributed by atoms with E-state index in [2.05, 4.69) is 401 Å². The van der Waals surface area contributed by atoms with E-state index in [4.69, 9.17) is 4.98 Å². The molecule has 0 radical (unpaired) electrons. The van der Waals surface area contributed by atoms with Crippen LogP contribution < -0.4 is 0 Å². The third kappa shape index (κ3) is 8.58. The van der Waals surface area contributed by atoms with Gasteiger partial charge in [0.05, 0.1) is 78.0 Å². The van der Waals surface area contributed by atoms with E-state index in [1.807, 2.05) is 0 Å². The summed E-state index contributed by atoms with van der Waals surface area (Å²) in [5.74, 6) is 0. The molecule has 0 N–H and O–H groups in total. The molecule has 6 nitrogen and oxygen atoms in total.